The van der Waals surface area contributed by atoms with Crippen molar-refractivity contribution in [3.8, 4) is 34.1 Å². The molecular weight excluding hydrogens is 520 g/mol. The summed E-state index contributed by atoms with van der Waals surface area (Å²) in [4.78, 5) is 28.3. The lowest BCUT2D eigenvalue weighted by molar-refractivity contribution is -0.137. The van der Waals surface area contributed by atoms with Gasteiger partial charge in [-0.2, -0.15) is 4.80 Å². The molecule has 204 valence electrons. The zero-order valence-electron chi connectivity index (χ0n) is 21.0. The van der Waals surface area contributed by atoms with E-state index in [-0.39, 0.29) is 29.6 Å². The molecule has 1 aromatic carbocycles. The van der Waals surface area contributed by atoms with Gasteiger partial charge in [-0.3, -0.25) is 4.79 Å². The Morgan fingerprint density at radius 1 is 1.15 bits per heavy atom. The number of halogens is 2. The fraction of sp³-hybridized carbons (Fsp3) is 0.292. The van der Waals surface area contributed by atoms with Gasteiger partial charge in [0, 0.05) is 23.4 Å². The van der Waals surface area contributed by atoms with Gasteiger partial charge >= 0.3 is 12.1 Å². The summed E-state index contributed by atoms with van der Waals surface area (Å²) >= 11 is 0. The lowest BCUT2D eigenvalue weighted by atomic mass is 10.2. The summed E-state index contributed by atoms with van der Waals surface area (Å²) in [6.07, 6.45) is 2.83. The van der Waals surface area contributed by atoms with Gasteiger partial charge in [-0.25, -0.2) is 18.6 Å². The number of ether oxygens (including phenoxy) is 2. The lowest BCUT2D eigenvalue weighted by Gasteiger charge is -2.22. The monoisotopic (exact) mass is 543 g/mol. The number of aliphatic carboxylic acids is 1. The molecule has 3 aromatic heterocycles. The summed E-state index contributed by atoms with van der Waals surface area (Å²) < 4.78 is 44.6. The number of carbonyl (C=O) groups excluding carboxylic acids is 1. The van der Waals surface area contributed by atoms with Crippen LogP contribution in [-0.4, -0.2) is 59.2 Å². The fourth-order valence-corrected chi connectivity index (χ4v) is 3.33. The van der Waals surface area contributed by atoms with E-state index in [9.17, 15) is 23.5 Å². The highest BCUT2D eigenvalue weighted by atomic mass is 19.1. The van der Waals surface area contributed by atoms with Gasteiger partial charge in [0.25, 0.3) is 5.88 Å². The number of alkyl carbamates (subject to hydrolysis) is 1. The Morgan fingerprint density at radius 3 is 2.59 bits per heavy atom. The number of tetrazole rings is 1. The summed E-state index contributed by atoms with van der Waals surface area (Å²) in [7, 11) is 0. The van der Waals surface area contributed by atoms with Gasteiger partial charge in [0.05, 0.1) is 30.8 Å². The molecule has 0 unspecified atom stereocenters. The van der Waals surface area contributed by atoms with E-state index < -0.39 is 41.8 Å². The maximum absolute atomic E-state index is 14.9. The maximum atomic E-state index is 14.9. The van der Waals surface area contributed by atoms with Crippen LogP contribution in [0.5, 0.6) is 11.6 Å². The molecule has 0 aliphatic rings. The molecule has 39 heavy (non-hydrogen) atoms. The number of hydrogen-bond acceptors (Lipinski definition) is 10. The number of pyridine rings is 1. The second-order valence-electron chi connectivity index (χ2n) is 9.28. The first-order chi connectivity index (χ1) is 18.5. The highest BCUT2D eigenvalue weighted by molar-refractivity contribution is 5.71. The van der Waals surface area contributed by atoms with Gasteiger partial charge in [0.1, 0.15) is 23.4 Å². The van der Waals surface area contributed by atoms with E-state index in [2.05, 4.69) is 30.9 Å². The predicted octanol–water partition coefficient (Wildman–Crippen LogP) is 3.83. The Hall–Kier alpha value is -4.95. The van der Waals surface area contributed by atoms with Crippen molar-refractivity contribution in [3.05, 3.63) is 54.6 Å². The lowest BCUT2D eigenvalue weighted by Crippen LogP contribution is -2.42. The van der Waals surface area contributed by atoms with Crippen molar-refractivity contribution in [1.29, 1.82) is 0 Å². The first-order valence-corrected chi connectivity index (χ1v) is 11.5. The second-order valence-corrected chi connectivity index (χ2v) is 9.28. The number of hydrogen-bond donors (Lipinski definition) is 2. The molecule has 4 aromatic rings. The number of nitrogens with one attached hydrogen (secondary N) is 1. The number of amides is 1. The molecule has 0 fully saturated rings. The van der Waals surface area contributed by atoms with Gasteiger partial charge in [-0.1, -0.05) is 5.16 Å². The predicted molar refractivity (Wildman–Crippen MR) is 128 cm³/mol. The van der Waals surface area contributed by atoms with Crippen LogP contribution in [0.2, 0.25) is 0 Å². The van der Waals surface area contributed by atoms with E-state index in [0.717, 1.165) is 10.9 Å². The Balaban J connectivity index is 1.45. The van der Waals surface area contributed by atoms with E-state index in [1.54, 1.807) is 20.8 Å². The first-order valence-electron chi connectivity index (χ1n) is 11.5. The molecule has 15 heteroatoms. The third-order valence-electron chi connectivity index (χ3n) is 4.95. The normalized spacial score (nSPS) is 12.1. The molecular formula is C24H23F2N7O6. The number of carbonyl (C=O) groups is 2. The summed E-state index contributed by atoms with van der Waals surface area (Å²) in [5, 5.41) is 26.9. The van der Waals surface area contributed by atoms with Gasteiger partial charge < -0.3 is 24.4 Å². The molecule has 1 amide bonds. The van der Waals surface area contributed by atoms with E-state index in [1.165, 1.54) is 36.9 Å². The molecule has 0 bridgehead atoms. The van der Waals surface area contributed by atoms with Crippen LogP contribution in [0.15, 0.2) is 47.4 Å². The van der Waals surface area contributed by atoms with Gasteiger partial charge in [-0.05, 0) is 44.2 Å². The smallest absolute Gasteiger partial charge is 0.407 e. The second kappa shape index (κ2) is 11.2. The van der Waals surface area contributed by atoms with Crippen LogP contribution in [-0.2, 0) is 16.1 Å². The number of nitrogens with zero attached hydrogens (tertiary/aromatic N) is 6. The van der Waals surface area contributed by atoms with Crippen molar-refractivity contribution in [2.45, 2.75) is 45.4 Å². The average molecular weight is 543 g/mol. The van der Waals surface area contributed by atoms with E-state index >= 15 is 0 Å². The molecule has 1 atom stereocenters. The number of rotatable bonds is 9. The first kappa shape index (κ1) is 27.1. The number of carboxylic acids is 1. The van der Waals surface area contributed by atoms with Crippen molar-refractivity contribution < 1.29 is 37.5 Å². The Morgan fingerprint density at radius 2 is 1.95 bits per heavy atom. The minimum absolute atomic E-state index is 0.0316. The van der Waals surface area contributed by atoms with Crippen LogP contribution >= 0.6 is 0 Å². The Bertz CT molecular complexity index is 1470. The molecule has 13 nitrogen and oxygen atoms in total. The average Bonchev–Trinajstić information content (AvgIpc) is 3.51. The van der Waals surface area contributed by atoms with Gasteiger partial charge in [0.15, 0.2) is 5.82 Å². The van der Waals surface area contributed by atoms with Gasteiger partial charge in [-0.15, -0.1) is 10.2 Å². The summed E-state index contributed by atoms with van der Waals surface area (Å²) in [5.41, 5.74) is 0.120. The maximum Gasteiger partial charge on any atom is 0.407 e. The van der Waals surface area contributed by atoms with Crippen LogP contribution in [0.3, 0.4) is 0 Å². The van der Waals surface area contributed by atoms with Crippen LogP contribution in [0, 0.1) is 11.6 Å². The van der Waals surface area contributed by atoms with Crippen molar-refractivity contribution in [1.82, 2.24) is 35.7 Å². The van der Waals surface area contributed by atoms with Crippen molar-refractivity contribution >= 4 is 12.1 Å². The molecule has 2 N–H and O–H groups in total. The summed E-state index contributed by atoms with van der Waals surface area (Å²) in [5.74, 6) is -3.24. The summed E-state index contributed by atoms with van der Waals surface area (Å²) in [6.45, 7) is 4.83. The van der Waals surface area contributed by atoms with Crippen LogP contribution in [0.25, 0.3) is 22.5 Å². The fourth-order valence-electron chi connectivity index (χ4n) is 3.33. The SMILES string of the molecule is CC(C)(C)OC(=O)N[C@@H](CC(=O)O)Cn1nnc(-c2ccc(Oc3ncc(-c4cnoc4)cc3F)cc2F)n1. The molecule has 0 saturated carbocycles. The van der Waals surface area contributed by atoms with E-state index in [4.69, 9.17) is 14.0 Å². The molecule has 0 aliphatic heterocycles. The number of benzene rings is 1. The van der Waals surface area contributed by atoms with Crippen molar-refractivity contribution in [2.75, 3.05) is 0 Å². The van der Waals surface area contributed by atoms with Crippen molar-refractivity contribution in [3.63, 3.8) is 0 Å². The zero-order valence-corrected chi connectivity index (χ0v) is 21.0. The van der Waals surface area contributed by atoms with Crippen LogP contribution < -0.4 is 10.1 Å². The zero-order chi connectivity index (χ0) is 28.2. The Kier molecular flexibility index (Phi) is 7.78. The quantitative estimate of drug-likeness (QED) is 0.315. The van der Waals surface area contributed by atoms with Crippen LogP contribution in [0.4, 0.5) is 13.6 Å². The van der Waals surface area contributed by atoms with Crippen LogP contribution in [0.1, 0.15) is 27.2 Å². The largest absolute Gasteiger partial charge is 0.481 e. The molecule has 0 saturated heterocycles. The Labute approximate surface area is 219 Å². The van der Waals surface area contributed by atoms with Crippen molar-refractivity contribution in [2.24, 2.45) is 0 Å². The third-order valence-corrected chi connectivity index (χ3v) is 4.95. The third kappa shape index (κ3) is 7.30. The standard InChI is InChI=1S/C24H23F2N7O6/c1-24(2,3)39-23(36)29-15(7-20(34)35)11-33-31-21(30-32-33)17-5-4-16(8-18(17)25)38-22-19(26)6-13(9-27-22)14-10-28-37-12-14/h4-6,8-10,12,15H,7,11H2,1-3H3,(H,29,36)(H,34,35)/t15-/m0/s1. The molecule has 4 rings (SSSR count). The number of aromatic nitrogens is 6. The molecule has 3 heterocycles. The topological polar surface area (TPSA) is 167 Å². The molecule has 0 aliphatic carbocycles. The molecule has 0 spiro atoms. The highest BCUT2D eigenvalue weighted by Gasteiger charge is 2.23. The van der Waals surface area contributed by atoms with E-state index in [0.29, 0.717) is 11.1 Å². The number of carboxylic acid groups (broad SMARTS) is 1. The minimum Gasteiger partial charge on any atom is -0.481 e. The van der Waals surface area contributed by atoms with Gasteiger partial charge in [0.2, 0.25) is 5.82 Å². The summed E-state index contributed by atoms with van der Waals surface area (Å²) in [6, 6.07) is 3.92. The minimum atomic E-state index is -1.17. The molecule has 0 radical (unpaired) electrons. The van der Waals surface area contributed by atoms with E-state index in [1.807, 2.05) is 0 Å². The highest BCUT2D eigenvalue weighted by Crippen LogP contribution is 2.29.